The van der Waals surface area contributed by atoms with Gasteiger partial charge in [-0.1, -0.05) is 11.8 Å². The summed E-state index contributed by atoms with van der Waals surface area (Å²) in [6.07, 6.45) is 3.47. The number of hydrogen-bond donors (Lipinski definition) is 0. The van der Waals surface area contributed by atoms with Crippen LogP contribution in [0.25, 0.3) is 11.4 Å². The van der Waals surface area contributed by atoms with E-state index in [-0.39, 0.29) is 5.91 Å². The van der Waals surface area contributed by atoms with Crippen LogP contribution in [0.15, 0.2) is 29.7 Å². The molecule has 3 heterocycles. The fourth-order valence-corrected chi connectivity index (χ4v) is 3.03. The van der Waals surface area contributed by atoms with E-state index in [9.17, 15) is 4.79 Å². The zero-order valence-corrected chi connectivity index (χ0v) is 13.1. The molecule has 1 saturated heterocycles. The van der Waals surface area contributed by atoms with Gasteiger partial charge in [0, 0.05) is 38.1 Å². The van der Waals surface area contributed by atoms with Crippen LogP contribution in [0.1, 0.15) is 0 Å². The number of rotatable bonds is 4. The summed E-state index contributed by atoms with van der Waals surface area (Å²) in [5.74, 6) is 1.22. The number of aromatic nitrogens is 4. The van der Waals surface area contributed by atoms with Gasteiger partial charge >= 0.3 is 0 Å². The van der Waals surface area contributed by atoms with Gasteiger partial charge in [-0.2, -0.15) is 0 Å². The van der Waals surface area contributed by atoms with Gasteiger partial charge in [-0.25, -0.2) is 0 Å². The predicted molar refractivity (Wildman–Crippen MR) is 82.4 cm³/mol. The van der Waals surface area contributed by atoms with Crippen LogP contribution in [0, 0.1) is 0 Å². The molecule has 0 aliphatic carbocycles. The van der Waals surface area contributed by atoms with Gasteiger partial charge < -0.3 is 14.2 Å². The van der Waals surface area contributed by atoms with Crippen LogP contribution in [-0.2, 0) is 16.6 Å². The number of amides is 1. The SMILES string of the molecule is Cn1c(SCC(=O)N2CCOCC2)nnc1-c1cccnc1. The summed E-state index contributed by atoms with van der Waals surface area (Å²) in [4.78, 5) is 18.1. The summed E-state index contributed by atoms with van der Waals surface area (Å²) >= 11 is 1.40. The minimum atomic E-state index is 0.110. The first-order chi connectivity index (χ1) is 10.8. The molecule has 116 valence electrons. The largest absolute Gasteiger partial charge is 0.378 e. The van der Waals surface area contributed by atoms with E-state index in [1.165, 1.54) is 11.8 Å². The van der Waals surface area contributed by atoms with Gasteiger partial charge in [0.05, 0.1) is 19.0 Å². The maximum Gasteiger partial charge on any atom is 0.233 e. The first-order valence-electron chi connectivity index (χ1n) is 7.04. The van der Waals surface area contributed by atoms with Crippen molar-refractivity contribution in [1.29, 1.82) is 0 Å². The molecule has 0 atom stereocenters. The monoisotopic (exact) mass is 319 g/mol. The first-order valence-corrected chi connectivity index (χ1v) is 8.02. The molecule has 0 aromatic carbocycles. The van der Waals surface area contributed by atoms with Gasteiger partial charge in [0.1, 0.15) is 0 Å². The summed E-state index contributed by atoms with van der Waals surface area (Å²) in [7, 11) is 1.89. The number of hydrogen-bond acceptors (Lipinski definition) is 6. The van der Waals surface area contributed by atoms with E-state index in [2.05, 4.69) is 15.2 Å². The van der Waals surface area contributed by atoms with Crippen molar-refractivity contribution < 1.29 is 9.53 Å². The molecule has 2 aromatic rings. The van der Waals surface area contributed by atoms with Crippen LogP contribution >= 0.6 is 11.8 Å². The molecule has 0 unspecified atom stereocenters. The van der Waals surface area contributed by atoms with E-state index in [4.69, 9.17) is 4.74 Å². The van der Waals surface area contributed by atoms with E-state index >= 15 is 0 Å². The van der Waals surface area contributed by atoms with Crippen molar-refractivity contribution in [2.75, 3.05) is 32.1 Å². The van der Waals surface area contributed by atoms with Crippen molar-refractivity contribution in [2.24, 2.45) is 7.05 Å². The van der Waals surface area contributed by atoms with Crippen LogP contribution < -0.4 is 0 Å². The lowest BCUT2D eigenvalue weighted by molar-refractivity contribution is -0.132. The molecule has 1 aliphatic rings. The molecule has 22 heavy (non-hydrogen) atoms. The summed E-state index contributed by atoms with van der Waals surface area (Å²) in [5, 5.41) is 9.07. The predicted octanol–water partition coefficient (Wildman–Crippen LogP) is 0.828. The molecule has 0 spiro atoms. The highest BCUT2D eigenvalue weighted by Crippen LogP contribution is 2.22. The van der Waals surface area contributed by atoms with Crippen molar-refractivity contribution in [3.05, 3.63) is 24.5 Å². The molecule has 0 saturated carbocycles. The van der Waals surface area contributed by atoms with Gasteiger partial charge in [-0.05, 0) is 12.1 Å². The standard InChI is InChI=1S/C14H17N5O2S/c1-18-13(11-3-2-4-15-9-11)16-17-14(18)22-10-12(20)19-5-7-21-8-6-19/h2-4,9H,5-8,10H2,1H3. The van der Waals surface area contributed by atoms with E-state index < -0.39 is 0 Å². The molecule has 1 amide bonds. The Morgan fingerprint density at radius 1 is 1.36 bits per heavy atom. The fourth-order valence-electron chi connectivity index (χ4n) is 2.22. The molecular formula is C14H17N5O2S. The Hall–Kier alpha value is -1.93. The fraction of sp³-hybridized carbons (Fsp3) is 0.429. The Morgan fingerprint density at radius 2 is 2.18 bits per heavy atom. The lowest BCUT2D eigenvalue weighted by Gasteiger charge is -2.26. The topological polar surface area (TPSA) is 73.1 Å². The third kappa shape index (κ3) is 3.28. The summed E-state index contributed by atoms with van der Waals surface area (Å²) in [6, 6.07) is 3.79. The minimum absolute atomic E-state index is 0.110. The van der Waals surface area contributed by atoms with Gasteiger partial charge in [-0.15, -0.1) is 10.2 Å². The zero-order chi connectivity index (χ0) is 15.4. The number of nitrogens with zero attached hydrogens (tertiary/aromatic N) is 5. The number of ether oxygens (including phenoxy) is 1. The summed E-state index contributed by atoms with van der Waals surface area (Å²) in [5.41, 5.74) is 0.906. The van der Waals surface area contributed by atoms with Crippen LogP contribution in [-0.4, -0.2) is 62.6 Å². The average Bonchev–Trinajstić information content (AvgIpc) is 2.95. The van der Waals surface area contributed by atoms with Crippen LogP contribution in [0.5, 0.6) is 0 Å². The van der Waals surface area contributed by atoms with Crippen LogP contribution in [0.4, 0.5) is 0 Å². The average molecular weight is 319 g/mol. The number of morpholine rings is 1. The molecule has 7 nitrogen and oxygen atoms in total. The van der Waals surface area contributed by atoms with E-state index in [0.717, 1.165) is 16.5 Å². The third-order valence-electron chi connectivity index (χ3n) is 3.44. The van der Waals surface area contributed by atoms with Gasteiger partial charge in [-0.3, -0.25) is 9.78 Å². The Labute approximate surface area is 132 Å². The molecule has 3 rings (SSSR count). The van der Waals surface area contributed by atoms with Crippen molar-refractivity contribution in [3.63, 3.8) is 0 Å². The summed E-state index contributed by atoms with van der Waals surface area (Å²) in [6.45, 7) is 2.56. The zero-order valence-electron chi connectivity index (χ0n) is 12.3. The first kappa shape index (κ1) is 15.0. The second kappa shape index (κ2) is 6.89. The lowest BCUT2D eigenvalue weighted by Crippen LogP contribution is -2.41. The molecule has 0 radical (unpaired) electrons. The van der Waals surface area contributed by atoms with Gasteiger partial charge in [0.2, 0.25) is 5.91 Å². The quantitative estimate of drug-likeness (QED) is 0.777. The maximum atomic E-state index is 12.1. The van der Waals surface area contributed by atoms with Crippen molar-refractivity contribution in [2.45, 2.75) is 5.16 Å². The second-order valence-corrected chi connectivity index (χ2v) is 5.83. The minimum Gasteiger partial charge on any atom is -0.378 e. The molecule has 1 aliphatic heterocycles. The Kier molecular flexibility index (Phi) is 4.69. The van der Waals surface area contributed by atoms with Crippen molar-refractivity contribution >= 4 is 17.7 Å². The molecule has 1 fully saturated rings. The van der Waals surface area contributed by atoms with Crippen molar-refractivity contribution in [1.82, 2.24) is 24.6 Å². The van der Waals surface area contributed by atoms with Gasteiger partial charge in [0.25, 0.3) is 0 Å². The van der Waals surface area contributed by atoms with Crippen LogP contribution in [0.3, 0.4) is 0 Å². The Morgan fingerprint density at radius 3 is 2.91 bits per heavy atom. The molecule has 2 aromatic heterocycles. The smallest absolute Gasteiger partial charge is 0.233 e. The molecule has 0 N–H and O–H groups in total. The maximum absolute atomic E-state index is 12.1. The second-order valence-electron chi connectivity index (χ2n) is 4.89. The van der Waals surface area contributed by atoms with Crippen LogP contribution in [0.2, 0.25) is 0 Å². The third-order valence-corrected chi connectivity index (χ3v) is 4.45. The Bertz CT molecular complexity index is 640. The van der Waals surface area contributed by atoms with E-state index in [1.54, 1.807) is 12.4 Å². The number of thioether (sulfide) groups is 1. The Balaban J connectivity index is 1.64. The van der Waals surface area contributed by atoms with E-state index in [1.807, 2.05) is 28.6 Å². The molecule has 8 heteroatoms. The molecule has 0 bridgehead atoms. The van der Waals surface area contributed by atoms with Gasteiger partial charge in [0.15, 0.2) is 11.0 Å². The lowest BCUT2D eigenvalue weighted by atomic mass is 10.3. The number of carbonyl (C=O) groups excluding carboxylic acids is 1. The highest BCUT2D eigenvalue weighted by molar-refractivity contribution is 7.99. The number of carbonyl (C=O) groups is 1. The van der Waals surface area contributed by atoms with E-state index in [0.29, 0.717) is 32.1 Å². The summed E-state index contributed by atoms with van der Waals surface area (Å²) < 4.78 is 7.13. The highest BCUT2D eigenvalue weighted by atomic mass is 32.2. The van der Waals surface area contributed by atoms with Crippen molar-refractivity contribution in [3.8, 4) is 11.4 Å². The number of pyridine rings is 1. The molecular weight excluding hydrogens is 302 g/mol. The highest BCUT2D eigenvalue weighted by Gasteiger charge is 2.18. The normalized spacial score (nSPS) is 15.0.